The van der Waals surface area contributed by atoms with E-state index in [1.165, 1.54) is 12.7 Å². The van der Waals surface area contributed by atoms with Gasteiger partial charge in [-0.15, -0.1) is 0 Å². The fourth-order valence-corrected chi connectivity index (χ4v) is 2.82. The van der Waals surface area contributed by atoms with Gasteiger partial charge < -0.3 is 9.73 Å². The Balaban J connectivity index is 2.00. The number of hydrogen-bond acceptors (Lipinski definition) is 3. The minimum atomic E-state index is -0.403. The average Bonchev–Trinajstić information content (AvgIpc) is 2.83. The first-order valence-electron chi connectivity index (χ1n) is 6.16. The molecule has 0 bridgehead atoms. The van der Waals surface area contributed by atoms with E-state index in [0.29, 0.717) is 10.2 Å². The molecule has 1 aliphatic rings. The van der Waals surface area contributed by atoms with E-state index in [-0.39, 0.29) is 11.8 Å². The zero-order valence-corrected chi connectivity index (χ0v) is 11.6. The fraction of sp³-hybridized carbons (Fsp3) is 0.538. The number of hydrogen-bond donors (Lipinski definition) is 1. The van der Waals surface area contributed by atoms with Crippen molar-refractivity contribution in [1.82, 2.24) is 5.32 Å². The molecule has 1 saturated carbocycles. The van der Waals surface area contributed by atoms with Crippen molar-refractivity contribution in [3.63, 3.8) is 0 Å². The monoisotopic (exact) mass is 310 g/mol. The van der Waals surface area contributed by atoms with Gasteiger partial charge in [0.1, 0.15) is 6.04 Å². The fourth-order valence-electron chi connectivity index (χ4n) is 2.40. The van der Waals surface area contributed by atoms with Gasteiger partial charge in [0, 0.05) is 0 Å². The van der Waals surface area contributed by atoms with Crippen LogP contribution in [0.15, 0.2) is 21.4 Å². The number of furan rings is 1. The van der Waals surface area contributed by atoms with Gasteiger partial charge in [-0.2, -0.15) is 5.26 Å². The molecule has 1 atom stereocenters. The molecule has 4 nitrogen and oxygen atoms in total. The molecule has 0 saturated heterocycles. The topological polar surface area (TPSA) is 66.0 Å². The lowest BCUT2D eigenvalue weighted by molar-refractivity contribution is 0.0927. The second kappa shape index (κ2) is 6.05. The van der Waals surface area contributed by atoms with E-state index >= 15 is 0 Å². The minimum Gasteiger partial charge on any atom is -0.457 e. The second-order valence-corrected chi connectivity index (χ2v) is 5.31. The summed E-state index contributed by atoms with van der Waals surface area (Å²) in [5, 5.41) is 12.0. The molecule has 0 aliphatic heterocycles. The van der Waals surface area contributed by atoms with E-state index in [1.807, 2.05) is 0 Å². The van der Waals surface area contributed by atoms with Crippen molar-refractivity contribution >= 4 is 21.8 Å². The molecule has 5 heteroatoms. The van der Waals surface area contributed by atoms with Crippen LogP contribution >= 0.6 is 15.9 Å². The summed E-state index contributed by atoms with van der Waals surface area (Å²) in [6, 6.07) is 3.40. The summed E-state index contributed by atoms with van der Waals surface area (Å²) >= 11 is 3.16. The molecule has 2 rings (SSSR count). The maximum absolute atomic E-state index is 12.0. The van der Waals surface area contributed by atoms with E-state index in [9.17, 15) is 10.1 Å². The Bertz CT molecular complexity index is 458. The SMILES string of the molecule is N#CC(NC(=O)c1ccoc1Br)C1CCCCC1. The van der Waals surface area contributed by atoms with Gasteiger partial charge >= 0.3 is 0 Å². The molecule has 0 spiro atoms. The Labute approximate surface area is 114 Å². The smallest absolute Gasteiger partial charge is 0.256 e. The predicted molar refractivity (Wildman–Crippen MR) is 69.9 cm³/mol. The van der Waals surface area contributed by atoms with Gasteiger partial charge in [0.25, 0.3) is 5.91 Å². The lowest BCUT2D eigenvalue weighted by Crippen LogP contribution is -2.40. The number of carbonyl (C=O) groups excluding carboxylic acids is 1. The van der Waals surface area contributed by atoms with Gasteiger partial charge in [0.15, 0.2) is 4.67 Å². The Morgan fingerprint density at radius 3 is 2.78 bits per heavy atom. The van der Waals surface area contributed by atoms with Crippen LogP contribution in [0.3, 0.4) is 0 Å². The van der Waals surface area contributed by atoms with E-state index in [2.05, 4.69) is 27.3 Å². The third-order valence-corrected chi connectivity index (χ3v) is 4.02. The average molecular weight is 311 g/mol. The lowest BCUT2D eigenvalue weighted by Gasteiger charge is -2.26. The van der Waals surface area contributed by atoms with Crippen LogP contribution in [0, 0.1) is 17.2 Å². The van der Waals surface area contributed by atoms with E-state index in [4.69, 9.17) is 4.42 Å². The molecule has 1 aliphatic carbocycles. The number of rotatable bonds is 3. The zero-order chi connectivity index (χ0) is 13.0. The molecular formula is C13H15BrN2O2. The van der Waals surface area contributed by atoms with Crippen LogP contribution in [-0.4, -0.2) is 11.9 Å². The number of nitrogens with zero attached hydrogens (tertiary/aromatic N) is 1. The second-order valence-electron chi connectivity index (χ2n) is 4.59. The summed E-state index contributed by atoms with van der Waals surface area (Å²) in [6.07, 6.45) is 7.01. The van der Waals surface area contributed by atoms with Gasteiger partial charge in [-0.1, -0.05) is 19.3 Å². The quantitative estimate of drug-likeness (QED) is 0.932. The molecular weight excluding hydrogens is 296 g/mol. The number of amides is 1. The molecule has 1 N–H and O–H groups in total. The molecule has 0 radical (unpaired) electrons. The van der Waals surface area contributed by atoms with E-state index < -0.39 is 6.04 Å². The van der Waals surface area contributed by atoms with Gasteiger partial charge in [-0.3, -0.25) is 4.79 Å². The maximum atomic E-state index is 12.0. The van der Waals surface area contributed by atoms with Crippen LogP contribution in [0.4, 0.5) is 0 Å². The first-order chi connectivity index (χ1) is 8.72. The largest absolute Gasteiger partial charge is 0.457 e. The maximum Gasteiger partial charge on any atom is 0.256 e. The lowest BCUT2D eigenvalue weighted by atomic mass is 9.84. The zero-order valence-electron chi connectivity index (χ0n) is 9.99. The van der Waals surface area contributed by atoms with Crippen LogP contribution in [0.25, 0.3) is 0 Å². The summed E-state index contributed by atoms with van der Waals surface area (Å²) in [5.74, 6) is 0.0196. The van der Waals surface area contributed by atoms with Gasteiger partial charge in [0.05, 0.1) is 17.9 Å². The van der Waals surface area contributed by atoms with Crippen molar-refractivity contribution in [2.24, 2.45) is 5.92 Å². The molecule has 1 unspecified atom stereocenters. The van der Waals surface area contributed by atoms with E-state index in [0.717, 1.165) is 25.7 Å². The molecule has 1 aromatic rings. The van der Waals surface area contributed by atoms with Crippen LogP contribution in [0.5, 0.6) is 0 Å². The van der Waals surface area contributed by atoms with Crippen molar-refractivity contribution in [2.45, 2.75) is 38.1 Å². The summed E-state index contributed by atoms with van der Waals surface area (Å²) in [6.45, 7) is 0. The van der Waals surface area contributed by atoms with Crippen molar-refractivity contribution in [2.75, 3.05) is 0 Å². The number of nitriles is 1. The molecule has 0 aromatic carbocycles. The Morgan fingerprint density at radius 2 is 2.22 bits per heavy atom. The Kier molecular flexibility index (Phi) is 4.43. The molecule has 96 valence electrons. The molecule has 18 heavy (non-hydrogen) atoms. The highest BCUT2D eigenvalue weighted by Gasteiger charge is 2.26. The standard InChI is InChI=1S/C13H15BrN2O2/c14-12-10(6-7-18-12)13(17)16-11(8-15)9-4-2-1-3-5-9/h6-7,9,11H,1-5H2,(H,16,17). The third kappa shape index (κ3) is 2.94. The van der Waals surface area contributed by atoms with Gasteiger partial charge in [0.2, 0.25) is 0 Å². The molecule has 1 amide bonds. The van der Waals surface area contributed by atoms with E-state index in [1.54, 1.807) is 6.07 Å². The normalized spacial score (nSPS) is 18.0. The highest BCUT2D eigenvalue weighted by molar-refractivity contribution is 9.10. The van der Waals surface area contributed by atoms with Crippen LogP contribution < -0.4 is 5.32 Å². The summed E-state index contributed by atoms with van der Waals surface area (Å²) in [5.41, 5.74) is 0.436. The minimum absolute atomic E-state index is 0.257. The van der Waals surface area contributed by atoms with Crippen molar-refractivity contribution in [3.05, 3.63) is 22.6 Å². The number of halogens is 1. The Hall–Kier alpha value is -1.28. The number of nitrogens with one attached hydrogen (secondary N) is 1. The molecule has 1 heterocycles. The van der Waals surface area contributed by atoms with Crippen LogP contribution in [-0.2, 0) is 0 Å². The van der Waals surface area contributed by atoms with Gasteiger partial charge in [-0.25, -0.2) is 0 Å². The molecule has 1 fully saturated rings. The van der Waals surface area contributed by atoms with Crippen molar-refractivity contribution in [1.29, 1.82) is 5.26 Å². The van der Waals surface area contributed by atoms with Crippen LogP contribution in [0.1, 0.15) is 42.5 Å². The summed E-state index contributed by atoms with van der Waals surface area (Å²) in [7, 11) is 0. The predicted octanol–water partition coefficient (Wildman–Crippen LogP) is 3.24. The summed E-state index contributed by atoms with van der Waals surface area (Å²) in [4.78, 5) is 12.0. The first kappa shape index (κ1) is 13.2. The van der Waals surface area contributed by atoms with Crippen LogP contribution in [0.2, 0.25) is 0 Å². The third-order valence-electron chi connectivity index (χ3n) is 3.41. The van der Waals surface area contributed by atoms with Crippen molar-refractivity contribution < 1.29 is 9.21 Å². The number of carbonyl (C=O) groups is 1. The highest BCUT2D eigenvalue weighted by atomic mass is 79.9. The first-order valence-corrected chi connectivity index (χ1v) is 6.95. The van der Waals surface area contributed by atoms with Gasteiger partial charge in [-0.05, 0) is 40.8 Å². The summed E-state index contributed by atoms with van der Waals surface area (Å²) < 4.78 is 5.42. The molecule has 1 aromatic heterocycles. The Morgan fingerprint density at radius 1 is 1.50 bits per heavy atom. The highest BCUT2D eigenvalue weighted by Crippen LogP contribution is 2.26. The van der Waals surface area contributed by atoms with Crippen molar-refractivity contribution in [3.8, 4) is 6.07 Å².